The van der Waals surface area contributed by atoms with E-state index in [2.05, 4.69) is 15.5 Å². The predicted octanol–water partition coefficient (Wildman–Crippen LogP) is 4.75. The first-order valence-electron chi connectivity index (χ1n) is 7.04. The maximum Gasteiger partial charge on any atom is 0.247 e. The van der Waals surface area contributed by atoms with Crippen molar-refractivity contribution in [3.05, 3.63) is 49.6 Å². The van der Waals surface area contributed by atoms with Crippen LogP contribution in [0.2, 0.25) is 0 Å². The van der Waals surface area contributed by atoms with Crippen LogP contribution in [-0.2, 0) is 4.79 Å². The fourth-order valence-corrected chi connectivity index (χ4v) is 3.55. The smallest absolute Gasteiger partial charge is 0.247 e. The lowest BCUT2D eigenvalue weighted by Crippen LogP contribution is -2.24. The van der Waals surface area contributed by atoms with Gasteiger partial charge in [-0.25, -0.2) is 8.78 Å². The quantitative estimate of drug-likeness (QED) is 0.314. The van der Waals surface area contributed by atoms with Crippen molar-refractivity contribution >= 4 is 57.7 Å². The first-order chi connectivity index (χ1) is 11.9. The fourth-order valence-electron chi connectivity index (χ4n) is 2.24. The molecule has 3 aromatic rings. The minimum Gasteiger partial charge on any atom is -0.324 e. The number of nitrogens with one attached hydrogen (secondary N) is 2. The number of rotatable bonds is 4. The van der Waals surface area contributed by atoms with Crippen LogP contribution in [0.3, 0.4) is 0 Å². The molecule has 0 saturated heterocycles. The van der Waals surface area contributed by atoms with Gasteiger partial charge < -0.3 is 5.32 Å². The normalized spacial score (nSPS) is 12.2. The molecular formula is C15H11F2IN4OS2. The zero-order valence-corrected chi connectivity index (χ0v) is 16.5. The van der Waals surface area contributed by atoms with Gasteiger partial charge in [0.2, 0.25) is 5.91 Å². The van der Waals surface area contributed by atoms with Crippen LogP contribution >= 0.6 is 46.1 Å². The van der Waals surface area contributed by atoms with Gasteiger partial charge in [0.15, 0.2) is 10.6 Å². The first kappa shape index (κ1) is 18.1. The molecule has 2 heterocycles. The average Bonchev–Trinajstić information content (AvgIpc) is 3.21. The number of anilines is 1. The van der Waals surface area contributed by atoms with Gasteiger partial charge in [-0.1, -0.05) is 6.07 Å². The highest BCUT2D eigenvalue weighted by Crippen LogP contribution is 2.26. The Balaban J connectivity index is 1.89. The van der Waals surface area contributed by atoms with Crippen molar-refractivity contribution in [1.29, 1.82) is 0 Å². The molecule has 1 unspecified atom stereocenters. The Morgan fingerprint density at radius 1 is 1.44 bits per heavy atom. The summed E-state index contributed by atoms with van der Waals surface area (Å²) in [6, 6.07) is 5.15. The van der Waals surface area contributed by atoms with E-state index in [0.29, 0.717) is 5.82 Å². The number of halogens is 3. The monoisotopic (exact) mass is 492 g/mol. The lowest BCUT2D eigenvalue weighted by atomic mass is 10.2. The molecule has 10 heteroatoms. The van der Waals surface area contributed by atoms with Crippen LogP contribution in [0.15, 0.2) is 29.6 Å². The number of aromatic amines is 1. The third-order valence-corrected chi connectivity index (χ3v) is 5.65. The van der Waals surface area contributed by atoms with Crippen LogP contribution in [0.25, 0.3) is 10.7 Å². The molecule has 1 aromatic carbocycles. The van der Waals surface area contributed by atoms with Crippen molar-refractivity contribution in [1.82, 2.24) is 14.8 Å². The fraction of sp³-hybridized carbons (Fsp3) is 0.133. The number of H-pyrrole nitrogens is 1. The topological polar surface area (TPSA) is 62.7 Å². The van der Waals surface area contributed by atoms with E-state index in [1.807, 2.05) is 17.5 Å². The van der Waals surface area contributed by atoms with Crippen molar-refractivity contribution in [2.75, 3.05) is 5.32 Å². The SMILES string of the molecule is CC(C(=O)Nc1cc(F)c(I)c(F)c1)n1c(-c2cccs2)n[nH]c1=S. The highest BCUT2D eigenvalue weighted by molar-refractivity contribution is 14.1. The van der Waals surface area contributed by atoms with Gasteiger partial charge in [0, 0.05) is 5.69 Å². The van der Waals surface area contributed by atoms with Gasteiger partial charge in [-0.05, 0) is 65.3 Å². The van der Waals surface area contributed by atoms with Crippen LogP contribution in [0.5, 0.6) is 0 Å². The number of amides is 1. The predicted molar refractivity (Wildman–Crippen MR) is 103 cm³/mol. The molecule has 2 N–H and O–H groups in total. The van der Waals surface area contributed by atoms with E-state index in [9.17, 15) is 13.6 Å². The van der Waals surface area contributed by atoms with Crippen molar-refractivity contribution in [2.24, 2.45) is 0 Å². The Bertz CT molecular complexity index is 961. The van der Waals surface area contributed by atoms with Crippen LogP contribution in [0.1, 0.15) is 13.0 Å². The summed E-state index contributed by atoms with van der Waals surface area (Å²) >= 11 is 8.24. The molecular weight excluding hydrogens is 481 g/mol. The summed E-state index contributed by atoms with van der Waals surface area (Å²) in [5.74, 6) is -1.40. The number of hydrogen-bond donors (Lipinski definition) is 2. The molecule has 25 heavy (non-hydrogen) atoms. The second-order valence-electron chi connectivity index (χ2n) is 5.12. The molecule has 1 amide bonds. The molecule has 1 atom stereocenters. The molecule has 0 bridgehead atoms. The molecule has 0 aliphatic heterocycles. The molecule has 130 valence electrons. The van der Waals surface area contributed by atoms with Gasteiger partial charge in [-0.2, -0.15) is 5.10 Å². The number of carbonyl (C=O) groups excluding carboxylic acids is 1. The highest BCUT2D eigenvalue weighted by Gasteiger charge is 2.22. The number of benzene rings is 1. The number of carbonyl (C=O) groups is 1. The standard InChI is InChI=1S/C15H11F2IN4OS2/c1-7(14(23)19-8-5-9(16)12(18)10(17)6-8)22-13(20-21-15(22)24)11-3-2-4-25-11/h2-7H,1H3,(H,19,23)(H,21,24). The van der Waals surface area contributed by atoms with Crippen LogP contribution < -0.4 is 5.32 Å². The lowest BCUT2D eigenvalue weighted by Gasteiger charge is -2.15. The maximum atomic E-state index is 13.6. The molecule has 5 nitrogen and oxygen atoms in total. The minimum atomic E-state index is -0.734. The van der Waals surface area contributed by atoms with Gasteiger partial charge in [0.05, 0.1) is 8.45 Å². The van der Waals surface area contributed by atoms with E-state index in [-0.39, 0.29) is 14.0 Å². The molecule has 2 aromatic heterocycles. The summed E-state index contributed by atoms with van der Waals surface area (Å²) in [4.78, 5) is 13.4. The Hall–Kier alpha value is -1.66. The number of nitrogens with zero attached hydrogens (tertiary/aromatic N) is 2. The third kappa shape index (κ3) is 3.65. The van der Waals surface area contributed by atoms with Gasteiger partial charge >= 0.3 is 0 Å². The van der Waals surface area contributed by atoms with Crippen molar-refractivity contribution in [2.45, 2.75) is 13.0 Å². The zero-order chi connectivity index (χ0) is 18.1. The summed E-state index contributed by atoms with van der Waals surface area (Å²) in [6.07, 6.45) is 0. The average molecular weight is 492 g/mol. The largest absolute Gasteiger partial charge is 0.324 e. The second kappa shape index (κ2) is 7.30. The van der Waals surface area contributed by atoms with Crippen LogP contribution in [-0.4, -0.2) is 20.7 Å². The van der Waals surface area contributed by atoms with Crippen molar-refractivity contribution in [3.63, 3.8) is 0 Å². The van der Waals surface area contributed by atoms with E-state index < -0.39 is 23.6 Å². The number of hydrogen-bond acceptors (Lipinski definition) is 4. The highest BCUT2D eigenvalue weighted by atomic mass is 127. The maximum absolute atomic E-state index is 13.6. The minimum absolute atomic E-state index is 0.0416. The van der Waals surface area contributed by atoms with E-state index >= 15 is 0 Å². The molecule has 0 aliphatic carbocycles. The van der Waals surface area contributed by atoms with Crippen LogP contribution in [0.4, 0.5) is 14.5 Å². The number of aromatic nitrogens is 3. The third-order valence-electron chi connectivity index (χ3n) is 3.46. The Morgan fingerprint density at radius 2 is 2.12 bits per heavy atom. The lowest BCUT2D eigenvalue weighted by molar-refractivity contribution is -0.118. The van der Waals surface area contributed by atoms with Gasteiger partial charge in [-0.15, -0.1) is 11.3 Å². The summed E-state index contributed by atoms with van der Waals surface area (Å²) < 4.78 is 29.0. The Kier molecular flexibility index (Phi) is 5.29. The molecule has 0 saturated carbocycles. The van der Waals surface area contributed by atoms with E-state index in [0.717, 1.165) is 17.0 Å². The van der Waals surface area contributed by atoms with E-state index in [1.165, 1.54) is 11.3 Å². The molecule has 0 fully saturated rings. The summed E-state index contributed by atoms with van der Waals surface area (Å²) in [6.45, 7) is 1.64. The molecule has 0 spiro atoms. The van der Waals surface area contributed by atoms with Gasteiger partial charge in [-0.3, -0.25) is 14.5 Å². The van der Waals surface area contributed by atoms with Crippen LogP contribution in [0, 0.1) is 20.0 Å². The molecule has 0 aliphatic rings. The summed E-state index contributed by atoms with van der Waals surface area (Å²) in [7, 11) is 0. The van der Waals surface area contributed by atoms with Crippen molar-refractivity contribution in [3.8, 4) is 10.7 Å². The van der Waals surface area contributed by atoms with Crippen molar-refractivity contribution < 1.29 is 13.6 Å². The summed E-state index contributed by atoms with van der Waals surface area (Å²) in [5.41, 5.74) is 0.0416. The zero-order valence-electron chi connectivity index (χ0n) is 12.7. The van der Waals surface area contributed by atoms with Gasteiger partial charge in [0.25, 0.3) is 0 Å². The van der Waals surface area contributed by atoms with E-state index in [4.69, 9.17) is 12.2 Å². The molecule has 3 rings (SSSR count). The summed E-state index contributed by atoms with van der Waals surface area (Å²) in [5, 5.41) is 11.2. The van der Waals surface area contributed by atoms with E-state index in [1.54, 1.807) is 34.1 Å². The first-order valence-corrected chi connectivity index (χ1v) is 9.41. The Labute approximate surface area is 164 Å². The second-order valence-corrected chi connectivity index (χ2v) is 7.53. The Morgan fingerprint density at radius 3 is 2.72 bits per heavy atom. The van der Waals surface area contributed by atoms with Gasteiger partial charge in [0.1, 0.15) is 17.7 Å². The molecule has 0 radical (unpaired) electrons. The number of thiophene rings is 1.